The topological polar surface area (TPSA) is 102 Å². The van der Waals surface area contributed by atoms with E-state index in [1.54, 1.807) is 18.6 Å². The summed E-state index contributed by atoms with van der Waals surface area (Å²) in [4.78, 5) is 28.9. The molecule has 1 saturated heterocycles. The minimum absolute atomic E-state index is 0.182. The van der Waals surface area contributed by atoms with Gasteiger partial charge in [-0.05, 0) is 79.8 Å². The van der Waals surface area contributed by atoms with Crippen LogP contribution in [-0.2, 0) is 11.3 Å². The number of halogens is 1. The number of morpholine rings is 1. The van der Waals surface area contributed by atoms with Crippen molar-refractivity contribution in [1.82, 2.24) is 34.6 Å². The van der Waals surface area contributed by atoms with E-state index in [4.69, 9.17) is 9.72 Å². The lowest BCUT2D eigenvalue weighted by Crippen LogP contribution is -2.40. The van der Waals surface area contributed by atoms with Gasteiger partial charge in [0.25, 0.3) is 5.56 Å². The Hall–Kier alpha value is -4.28. The third-order valence-corrected chi connectivity index (χ3v) is 7.86. The van der Waals surface area contributed by atoms with Gasteiger partial charge in [-0.2, -0.15) is 10.2 Å². The molecule has 208 valence electrons. The Balaban J connectivity index is 1.31. The molecule has 0 unspecified atom stereocenters. The Bertz CT molecular complexity index is 1830. The molecule has 10 heteroatoms. The number of ether oxygens (including phenoxy) is 1. The second-order valence-corrected chi connectivity index (χ2v) is 11.1. The largest absolute Gasteiger partial charge is 0.376 e. The molecule has 5 heterocycles. The molecule has 1 saturated carbocycles. The van der Waals surface area contributed by atoms with Gasteiger partial charge in [-0.25, -0.2) is 18.9 Å². The predicted octanol–water partition coefficient (Wildman–Crippen LogP) is 4.78. The van der Waals surface area contributed by atoms with Crippen molar-refractivity contribution < 1.29 is 9.13 Å². The van der Waals surface area contributed by atoms with E-state index in [1.807, 2.05) is 31.2 Å². The Morgan fingerprint density at radius 3 is 2.80 bits per heavy atom. The summed E-state index contributed by atoms with van der Waals surface area (Å²) in [7, 11) is 0. The number of fused-ring (bicyclic) bond motifs is 1. The molecule has 2 fully saturated rings. The van der Waals surface area contributed by atoms with Crippen LogP contribution in [0.4, 0.5) is 4.39 Å². The third-order valence-electron chi connectivity index (χ3n) is 7.86. The molecule has 1 atom stereocenters. The number of rotatable bonds is 6. The van der Waals surface area contributed by atoms with Crippen molar-refractivity contribution in [1.29, 1.82) is 0 Å². The zero-order valence-corrected chi connectivity index (χ0v) is 23.0. The van der Waals surface area contributed by atoms with Crippen LogP contribution in [0.2, 0.25) is 0 Å². The monoisotopic (exact) mass is 551 g/mol. The summed E-state index contributed by atoms with van der Waals surface area (Å²) in [6.07, 6.45) is 5.43. The van der Waals surface area contributed by atoms with Crippen molar-refractivity contribution >= 4 is 11.0 Å². The minimum atomic E-state index is -0.356. The lowest BCUT2D eigenvalue weighted by Gasteiger charge is -2.30. The minimum Gasteiger partial charge on any atom is -0.376 e. The maximum atomic E-state index is 14.5. The number of aromatic amines is 1. The molecule has 1 N–H and O–H groups in total. The Morgan fingerprint density at radius 2 is 2.00 bits per heavy atom. The van der Waals surface area contributed by atoms with Crippen LogP contribution in [-0.4, -0.2) is 60.4 Å². The van der Waals surface area contributed by atoms with Gasteiger partial charge >= 0.3 is 0 Å². The van der Waals surface area contributed by atoms with Crippen molar-refractivity contribution in [3.05, 3.63) is 88.1 Å². The van der Waals surface area contributed by atoms with Gasteiger partial charge in [0.1, 0.15) is 23.5 Å². The van der Waals surface area contributed by atoms with Crippen LogP contribution in [0.25, 0.3) is 39.2 Å². The van der Waals surface area contributed by atoms with E-state index in [0.717, 1.165) is 54.0 Å². The zero-order valence-electron chi connectivity index (χ0n) is 23.0. The van der Waals surface area contributed by atoms with Gasteiger partial charge in [-0.3, -0.25) is 9.69 Å². The second kappa shape index (κ2) is 10.3. The van der Waals surface area contributed by atoms with Crippen molar-refractivity contribution in [3.8, 4) is 28.2 Å². The number of benzene rings is 1. The standard InChI is InChI=1S/C31H30FN7O2/c1-18-7-8-34-37-29(18)25-13-22(32)5-6-24(25)21-11-26(20-3-4-20)36-28(12-21)39-17-33-27-14-23(35-30(27)31(39)40)16-38-9-10-41-19(2)15-38/h5-8,11-14,17,19-20,35H,3-4,9-10,15-16H2,1-2H3/t19-/m1/s1. The van der Waals surface area contributed by atoms with Crippen molar-refractivity contribution in [2.24, 2.45) is 0 Å². The molecular weight excluding hydrogens is 521 g/mol. The van der Waals surface area contributed by atoms with E-state index in [1.165, 1.54) is 16.7 Å². The average molecular weight is 552 g/mol. The Labute approximate surface area is 236 Å². The van der Waals surface area contributed by atoms with Crippen molar-refractivity contribution in [2.45, 2.75) is 45.3 Å². The summed E-state index contributed by atoms with van der Waals surface area (Å²) in [5.41, 5.74) is 6.47. The fourth-order valence-electron chi connectivity index (χ4n) is 5.61. The van der Waals surface area contributed by atoms with Crippen molar-refractivity contribution in [2.75, 3.05) is 19.7 Å². The number of nitrogens with zero attached hydrogens (tertiary/aromatic N) is 6. The molecule has 1 aliphatic heterocycles. The van der Waals surface area contributed by atoms with Gasteiger partial charge in [-0.1, -0.05) is 6.07 Å². The number of nitrogens with one attached hydrogen (secondary N) is 1. The number of pyridine rings is 1. The summed E-state index contributed by atoms with van der Waals surface area (Å²) in [6, 6.07) is 12.4. The number of aryl methyl sites for hydroxylation is 1. The summed E-state index contributed by atoms with van der Waals surface area (Å²) < 4.78 is 21.6. The normalized spacial score (nSPS) is 17.8. The molecule has 9 nitrogen and oxygen atoms in total. The van der Waals surface area contributed by atoms with Gasteiger partial charge in [-0.15, -0.1) is 0 Å². The van der Waals surface area contributed by atoms with Crippen molar-refractivity contribution in [3.63, 3.8) is 0 Å². The molecule has 0 spiro atoms. The third kappa shape index (κ3) is 5.05. The summed E-state index contributed by atoms with van der Waals surface area (Å²) in [6.45, 7) is 7.07. The predicted molar refractivity (Wildman–Crippen MR) is 153 cm³/mol. The Kier molecular flexibility index (Phi) is 6.44. The molecule has 4 aromatic heterocycles. The molecule has 1 aromatic carbocycles. The lowest BCUT2D eigenvalue weighted by molar-refractivity contribution is -0.0215. The highest BCUT2D eigenvalue weighted by atomic mass is 19.1. The van der Waals surface area contributed by atoms with E-state index in [9.17, 15) is 9.18 Å². The first-order valence-corrected chi connectivity index (χ1v) is 14.0. The summed E-state index contributed by atoms with van der Waals surface area (Å²) >= 11 is 0. The molecule has 0 bridgehead atoms. The van der Waals surface area contributed by atoms with Crippen LogP contribution in [0, 0.1) is 12.7 Å². The fraction of sp³-hybridized carbons (Fsp3) is 0.323. The highest BCUT2D eigenvalue weighted by molar-refractivity contribution is 5.84. The fourth-order valence-corrected chi connectivity index (χ4v) is 5.61. The van der Waals surface area contributed by atoms with Gasteiger partial charge in [0.2, 0.25) is 0 Å². The quantitative estimate of drug-likeness (QED) is 0.324. The van der Waals surface area contributed by atoms with Crippen LogP contribution in [0.3, 0.4) is 0 Å². The molecule has 5 aromatic rings. The van der Waals surface area contributed by atoms with Gasteiger partial charge in [0.05, 0.1) is 23.9 Å². The highest BCUT2D eigenvalue weighted by Crippen LogP contribution is 2.42. The Morgan fingerprint density at radius 1 is 1.12 bits per heavy atom. The number of hydrogen-bond acceptors (Lipinski definition) is 7. The van der Waals surface area contributed by atoms with Crippen LogP contribution in [0.5, 0.6) is 0 Å². The molecule has 0 amide bonds. The molecule has 1 aliphatic carbocycles. The first-order valence-electron chi connectivity index (χ1n) is 14.0. The van der Waals surface area contributed by atoms with E-state index in [0.29, 0.717) is 47.2 Å². The maximum Gasteiger partial charge on any atom is 0.283 e. The zero-order chi connectivity index (χ0) is 28.1. The molecule has 41 heavy (non-hydrogen) atoms. The average Bonchev–Trinajstić information content (AvgIpc) is 3.73. The molecule has 2 aliphatic rings. The number of aromatic nitrogens is 6. The first-order chi connectivity index (χ1) is 19.9. The summed E-state index contributed by atoms with van der Waals surface area (Å²) in [5.74, 6) is 0.454. The van der Waals surface area contributed by atoms with E-state index in [2.05, 4.69) is 32.0 Å². The smallest absolute Gasteiger partial charge is 0.283 e. The van der Waals surface area contributed by atoms with E-state index < -0.39 is 0 Å². The van der Waals surface area contributed by atoms with E-state index in [-0.39, 0.29) is 17.5 Å². The van der Waals surface area contributed by atoms with Gasteiger partial charge in [0.15, 0.2) is 0 Å². The maximum absolute atomic E-state index is 14.5. The van der Waals surface area contributed by atoms with Crippen LogP contribution < -0.4 is 5.56 Å². The highest BCUT2D eigenvalue weighted by Gasteiger charge is 2.27. The second-order valence-electron chi connectivity index (χ2n) is 11.1. The van der Waals surface area contributed by atoms with Gasteiger partial charge < -0.3 is 9.72 Å². The molecule has 0 radical (unpaired) electrons. The molecular formula is C31H30FN7O2. The number of hydrogen-bond donors (Lipinski definition) is 1. The van der Waals surface area contributed by atoms with Gasteiger partial charge in [0, 0.05) is 48.7 Å². The SMILES string of the molecule is Cc1ccnnc1-c1cc(F)ccc1-c1cc(C2CC2)nc(-n2cnc3cc(CN4CCO[C@H](C)C4)[nH]c3c2=O)c1. The van der Waals surface area contributed by atoms with Crippen LogP contribution >= 0.6 is 0 Å². The van der Waals surface area contributed by atoms with Crippen LogP contribution in [0.15, 0.2) is 59.8 Å². The summed E-state index contributed by atoms with van der Waals surface area (Å²) in [5, 5.41) is 8.35. The number of H-pyrrole nitrogens is 1. The lowest BCUT2D eigenvalue weighted by atomic mass is 9.95. The van der Waals surface area contributed by atoms with Crippen LogP contribution in [0.1, 0.15) is 42.6 Å². The van der Waals surface area contributed by atoms with E-state index >= 15 is 0 Å². The first kappa shape index (κ1) is 25.7. The molecule has 7 rings (SSSR count).